The smallest absolute Gasteiger partial charge is 0.408 e. The number of rotatable bonds is 13. The molecule has 2 aromatic rings. The van der Waals surface area contributed by atoms with Crippen LogP contribution in [0.2, 0.25) is 0 Å². The summed E-state index contributed by atoms with van der Waals surface area (Å²) in [5.41, 5.74) is 0.213. The average Bonchev–Trinajstić information content (AvgIpc) is 2.86. The first kappa shape index (κ1) is 31.5. The number of amides is 3. The quantitative estimate of drug-likeness (QED) is 0.269. The maximum atomic E-state index is 14.2. The van der Waals surface area contributed by atoms with Gasteiger partial charge >= 0.3 is 6.09 Å². The molecular weight excluding hydrogens is 498 g/mol. The number of carbonyl (C=O) groups is 3. The standard InChI is InChI=1S/C30H43N3O6/c1-6-8-11-18-31-27(36)26(23-12-9-10-13-25(23)35)33(19-7-2)28(37)24(32-29(38)39-30(3,4)5)20-21-14-16-22(34)17-15-21/h9-10,12-17,24,26,34-35H,6-8,11,18-20H2,1-5H3,(H,31,36)(H,32,38). The summed E-state index contributed by atoms with van der Waals surface area (Å²) in [6.07, 6.45) is 2.62. The molecule has 0 heterocycles. The van der Waals surface area contributed by atoms with Crippen LogP contribution in [-0.4, -0.2) is 57.8 Å². The normalized spacial score (nSPS) is 12.7. The van der Waals surface area contributed by atoms with E-state index in [2.05, 4.69) is 17.6 Å². The van der Waals surface area contributed by atoms with E-state index in [1.807, 2.05) is 6.92 Å². The van der Waals surface area contributed by atoms with Gasteiger partial charge in [-0.05, 0) is 57.4 Å². The van der Waals surface area contributed by atoms with Crippen molar-refractivity contribution in [2.24, 2.45) is 0 Å². The number of phenolic OH excluding ortho intramolecular Hbond substituents is 2. The second-order valence-corrected chi connectivity index (χ2v) is 10.6. The van der Waals surface area contributed by atoms with E-state index >= 15 is 0 Å². The number of hydrogen-bond acceptors (Lipinski definition) is 6. The molecule has 0 aliphatic heterocycles. The Morgan fingerprint density at radius 2 is 1.62 bits per heavy atom. The van der Waals surface area contributed by atoms with Crippen molar-refractivity contribution in [3.05, 3.63) is 59.7 Å². The molecule has 0 aliphatic rings. The number of unbranched alkanes of at least 4 members (excludes halogenated alkanes) is 2. The van der Waals surface area contributed by atoms with Crippen LogP contribution < -0.4 is 10.6 Å². The molecule has 2 aromatic carbocycles. The van der Waals surface area contributed by atoms with E-state index in [1.54, 1.807) is 51.1 Å². The van der Waals surface area contributed by atoms with Crippen LogP contribution in [0.1, 0.15) is 77.5 Å². The first-order chi connectivity index (χ1) is 18.5. The Labute approximate surface area is 231 Å². The van der Waals surface area contributed by atoms with Gasteiger partial charge < -0.3 is 30.5 Å². The minimum Gasteiger partial charge on any atom is -0.508 e. The lowest BCUT2D eigenvalue weighted by Gasteiger charge is -2.34. The third-order valence-electron chi connectivity index (χ3n) is 5.98. The molecule has 0 aliphatic carbocycles. The van der Waals surface area contributed by atoms with Gasteiger partial charge in [-0.1, -0.05) is 57.0 Å². The minimum absolute atomic E-state index is 0.0775. The van der Waals surface area contributed by atoms with E-state index in [0.29, 0.717) is 24.1 Å². The molecule has 39 heavy (non-hydrogen) atoms. The molecule has 0 radical (unpaired) electrons. The summed E-state index contributed by atoms with van der Waals surface area (Å²) < 4.78 is 5.42. The van der Waals surface area contributed by atoms with Crippen LogP contribution in [0, 0.1) is 0 Å². The van der Waals surface area contributed by atoms with Crippen LogP contribution in [0.15, 0.2) is 48.5 Å². The molecule has 9 nitrogen and oxygen atoms in total. The number of hydrogen-bond donors (Lipinski definition) is 4. The highest BCUT2D eigenvalue weighted by molar-refractivity contribution is 5.92. The first-order valence-corrected chi connectivity index (χ1v) is 13.6. The summed E-state index contributed by atoms with van der Waals surface area (Å²) in [6.45, 7) is 9.79. The Balaban J connectivity index is 2.48. The number of carbonyl (C=O) groups excluding carboxylic acids is 3. The zero-order chi connectivity index (χ0) is 29.0. The second-order valence-electron chi connectivity index (χ2n) is 10.6. The van der Waals surface area contributed by atoms with Gasteiger partial charge in [0.25, 0.3) is 0 Å². The zero-order valence-corrected chi connectivity index (χ0v) is 23.7. The lowest BCUT2D eigenvalue weighted by molar-refractivity contribution is -0.142. The van der Waals surface area contributed by atoms with Crippen molar-refractivity contribution in [3.63, 3.8) is 0 Å². The van der Waals surface area contributed by atoms with Crippen molar-refractivity contribution in [1.29, 1.82) is 0 Å². The number of aromatic hydroxyl groups is 2. The van der Waals surface area contributed by atoms with Crippen LogP contribution in [0.4, 0.5) is 4.79 Å². The highest BCUT2D eigenvalue weighted by atomic mass is 16.6. The van der Waals surface area contributed by atoms with E-state index in [-0.39, 0.29) is 24.5 Å². The maximum Gasteiger partial charge on any atom is 0.408 e. The van der Waals surface area contributed by atoms with Gasteiger partial charge in [0.05, 0.1) is 0 Å². The number of nitrogens with zero attached hydrogens (tertiary/aromatic N) is 1. The fourth-order valence-electron chi connectivity index (χ4n) is 4.18. The van der Waals surface area contributed by atoms with Gasteiger partial charge in [-0.2, -0.15) is 0 Å². The SMILES string of the molecule is CCCCCNC(=O)C(c1ccccc1O)N(CCC)C(=O)C(Cc1ccc(O)cc1)NC(=O)OC(C)(C)C. The van der Waals surface area contributed by atoms with E-state index in [9.17, 15) is 24.6 Å². The molecule has 0 bridgehead atoms. The van der Waals surface area contributed by atoms with Crippen molar-refractivity contribution >= 4 is 17.9 Å². The molecular formula is C30H43N3O6. The van der Waals surface area contributed by atoms with E-state index in [1.165, 1.54) is 23.1 Å². The Bertz CT molecular complexity index is 1080. The molecule has 0 saturated carbocycles. The van der Waals surface area contributed by atoms with Crippen LogP contribution >= 0.6 is 0 Å². The summed E-state index contributed by atoms with van der Waals surface area (Å²) >= 11 is 0. The highest BCUT2D eigenvalue weighted by Gasteiger charge is 2.37. The van der Waals surface area contributed by atoms with Crippen LogP contribution in [-0.2, 0) is 20.7 Å². The fraction of sp³-hybridized carbons (Fsp3) is 0.500. The Kier molecular flexibility index (Phi) is 12.1. The van der Waals surface area contributed by atoms with Crippen LogP contribution in [0.3, 0.4) is 0 Å². The minimum atomic E-state index is -1.11. The van der Waals surface area contributed by atoms with E-state index in [0.717, 1.165) is 19.3 Å². The Hall–Kier alpha value is -3.75. The summed E-state index contributed by atoms with van der Waals surface area (Å²) in [5.74, 6) is -0.924. The third-order valence-corrected chi connectivity index (χ3v) is 5.98. The average molecular weight is 542 g/mol. The number of nitrogens with one attached hydrogen (secondary N) is 2. The molecule has 2 rings (SSSR count). The summed E-state index contributed by atoms with van der Waals surface area (Å²) in [4.78, 5) is 41.9. The van der Waals surface area contributed by atoms with Crippen LogP contribution in [0.25, 0.3) is 0 Å². The van der Waals surface area contributed by atoms with Crippen molar-refractivity contribution in [3.8, 4) is 11.5 Å². The Morgan fingerprint density at radius 1 is 0.949 bits per heavy atom. The molecule has 0 fully saturated rings. The van der Waals surface area contributed by atoms with Gasteiger partial charge in [0.15, 0.2) is 0 Å². The topological polar surface area (TPSA) is 128 Å². The number of benzene rings is 2. The van der Waals surface area contributed by atoms with E-state index in [4.69, 9.17) is 4.74 Å². The van der Waals surface area contributed by atoms with Gasteiger partial charge in [-0.3, -0.25) is 9.59 Å². The Morgan fingerprint density at radius 3 is 2.21 bits per heavy atom. The number of para-hydroxylation sites is 1. The summed E-state index contributed by atoms with van der Waals surface area (Å²) in [7, 11) is 0. The molecule has 3 amide bonds. The number of alkyl carbamates (subject to hydrolysis) is 1. The molecule has 4 N–H and O–H groups in total. The molecule has 2 unspecified atom stereocenters. The van der Waals surface area contributed by atoms with Gasteiger partial charge in [-0.25, -0.2) is 4.79 Å². The highest BCUT2D eigenvalue weighted by Crippen LogP contribution is 2.30. The first-order valence-electron chi connectivity index (χ1n) is 13.6. The summed E-state index contributed by atoms with van der Waals surface area (Å²) in [5, 5.41) is 26.0. The molecule has 2 atom stereocenters. The second kappa shape index (κ2) is 15.0. The van der Waals surface area contributed by atoms with Crippen molar-refractivity contribution < 1.29 is 29.3 Å². The third kappa shape index (κ3) is 10.1. The van der Waals surface area contributed by atoms with Crippen molar-refractivity contribution in [2.75, 3.05) is 13.1 Å². The van der Waals surface area contributed by atoms with Gasteiger partial charge in [0, 0.05) is 25.1 Å². The fourth-order valence-corrected chi connectivity index (χ4v) is 4.18. The molecule has 214 valence electrons. The zero-order valence-electron chi connectivity index (χ0n) is 23.7. The predicted octanol–water partition coefficient (Wildman–Crippen LogP) is 4.82. The lowest BCUT2D eigenvalue weighted by Crippen LogP contribution is -2.54. The maximum absolute atomic E-state index is 14.2. The molecule has 0 aromatic heterocycles. The van der Waals surface area contributed by atoms with E-state index < -0.39 is 35.6 Å². The monoisotopic (exact) mass is 541 g/mol. The van der Waals surface area contributed by atoms with Gasteiger partial charge in [0.2, 0.25) is 11.8 Å². The molecule has 0 spiro atoms. The van der Waals surface area contributed by atoms with Crippen molar-refractivity contribution in [1.82, 2.24) is 15.5 Å². The molecule has 0 saturated heterocycles. The van der Waals surface area contributed by atoms with Crippen LogP contribution in [0.5, 0.6) is 11.5 Å². The summed E-state index contributed by atoms with van der Waals surface area (Å²) in [6, 6.07) is 10.6. The predicted molar refractivity (Wildman–Crippen MR) is 150 cm³/mol. The largest absolute Gasteiger partial charge is 0.508 e. The van der Waals surface area contributed by atoms with Gasteiger partial charge in [-0.15, -0.1) is 0 Å². The molecule has 9 heteroatoms. The number of ether oxygens (including phenoxy) is 1. The van der Waals surface area contributed by atoms with Crippen molar-refractivity contribution in [2.45, 2.75) is 84.4 Å². The lowest BCUT2D eigenvalue weighted by atomic mass is 9.99. The van der Waals surface area contributed by atoms with Gasteiger partial charge in [0.1, 0.15) is 29.2 Å². The number of phenols is 2.